The second-order valence-corrected chi connectivity index (χ2v) is 6.06. The Morgan fingerprint density at radius 1 is 1.35 bits per heavy atom. The molecule has 0 radical (unpaired) electrons. The van der Waals surface area contributed by atoms with Gasteiger partial charge in [0.15, 0.2) is 0 Å². The molecule has 1 aliphatic heterocycles. The predicted molar refractivity (Wildman–Crippen MR) is 78.8 cm³/mol. The SMILES string of the molecule is CC(C)(C)OC(=O)N1CCC(CC(=O)NN)C1.CCC. The molecular formula is C14H29N3O3. The van der Waals surface area contributed by atoms with Crippen LogP contribution in [0.1, 0.15) is 53.9 Å². The van der Waals surface area contributed by atoms with Crippen LogP contribution in [0.15, 0.2) is 0 Å². The Labute approximate surface area is 122 Å². The number of nitrogens with one attached hydrogen (secondary N) is 1. The highest BCUT2D eigenvalue weighted by Crippen LogP contribution is 2.21. The smallest absolute Gasteiger partial charge is 0.410 e. The molecular weight excluding hydrogens is 258 g/mol. The summed E-state index contributed by atoms with van der Waals surface area (Å²) in [5, 5.41) is 0. The van der Waals surface area contributed by atoms with Crippen molar-refractivity contribution < 1.29 is 14.3 Å². The van der Waals surface area contributed by atoms with Crippen LogP contribution in [0.5, 0.6) is 0 Å². The number of hydrogen-bond donors (Lipinski definition) is 2. The first kappa shape index (κ1) is 18.7. The molecule has 0 saturated carbocycles. The van der Waals surface area contributed by atoms with E-state index in [4.69, 9.17) is 10.6 Å². The summed E-state index contributed by atoms with van der Waals surface area (Å²) in [6, 6.07) is 0. The van der Waals surface area contributed by atoms with E-state index in [2.05, 4.69) is 19.3 Å². The lowest BCUT2D eigenvalue weighted by atomic mass is 10.1. The van der Waals surface area contributed by atoms with E-state index < -0.39 is 5.60 Å². The Kier molecular flexibility index (Phi) is 8.22. The number of nitrogens with zero attached hydrogens (tertiary/aromatic N) is 1. The first-order valence-corrected chi connectivity index (χ1v) is 7.20. The van der Waals surface area contributed by atoms with E-state index in [0.29, 0.717) is 19.5 Å². The average Bonchev–Trinajstić information content (AvgIpc) is 2.76. The lowest BCUT2D eigenvalue weighted by Crippen LogP contribution is -2.36. The van der Waals surface area contributed by atoms with Gasteiger partial charge in [0.1, 0.15) is 5.60 Å². The lowest BCUT2D eigenvalue weighted by molar-refractivity contribution is -0.122. The van der Waals surface area contributed by atoms with E-state index in [1.165, 1.54) is 6.42 Å². The molecule has 3 N–H and O–H groups in total. The summed E-state index contributed by atoms with van der Waals surface area (Å²) in [7, 11) is 0. The Hall–Kier alpha value is -1.30. The minimum absolute atomic E-state index is 0.172. The molecule has 1 fully saturated rings. The van der Waals surface area contributed by atoms with Gasteiger partial charge in [-0.2, -0.15) is 0 Å². The molecule has 1 unspecified atom stereocenters. The number of carbonyl (C=O) groups is 2. The quantitative estimate of drug-likeness (QED) is 0.462. The Bertz CT molecular complexity index is 313. The second kappa shape index (κ2) is 8.79. The van der Waals surface area contributed by atoms with Crippen LogP contribution in [0.2, 0.25) is 0 Å². The summed E-state index contributed by atoms with van der Waals surface area (Å²) >= 11 is 0. The van der Waals surface area contributed by atoms with Crippen molar-refractivity contribution in [2.24, 2.45) is 11.8 Å². The van der Waals surface area contributed by atoms with Gasteiger partial charge in [-0.25, -0.2) is 10.6 Å². The minimum atomic E-state index is -0.482. The minimum Gasteiger partial charge on any atom is -0.444 e. The summed E-state index contributed by atoms with van der Waals surface area (Å²) in [6.45, 7) is 10.9. The first-order chi connectivity index (χ1) is 9.23. The van der Waals surface area contributed by atoms with Crippen molar-refractivity contribution >= 4 is 12.0 Å². The van der Waals surface area contributed by atoms with Crippen molar-refractivity contribution in [2.45, 2.75) is 59.5 Å². The molecule has 1 atom stereocenters. The standard InChI is InChI=1S/C11H21N3O3.C3H8/c1-11(2,3)17-10(16)14-5-4-8(7-14)6-9(15)13-12;1-3-2/h8H,4-7,12H2,1-3H3,(H,13,15);3H2,1-2H3. The average molecular weight is 287 g/mol. The van der Waals surface area contributed by atoms with Crippen LogP contribution in [0, 0.1) is 5.92 Å². The van der Waals surface area contributed by atoms with Gasteiger partial charge >= 0.3 is 6.09 Å². The molecule has 118 valence electrons. The van der Waals surface area contributed by atoms with Crippen molar-refractivity contribution in [1.82, 2.24) is 10.3 Å². The topological polar surface area (TPSA) is 84.7 Å². The summed E-state index contributed by atoms with van der Waals surface area (Å²) in [4.78, 5) is 24.5. The number of likely N-dealkylation sites (tertiary alicyclic amines) is 1. The molecule has 0 aliphatic carbocycles. The predicted octanol–water partition coefficient (Wildman–Crippen LogP) is 2.04. The van der Waals surface area contributed by atoms with Crippen LogP contribution in [0.25, 0.3) is 0 Å². The molecule has 0 spiro atoms. The number of carbonyl (C=O) groups excluding carboxylic acids is 2. The van der Waals surface area contributed by atoms with Gasteiger partial charge in [0, 0.05) is 19.5 Å². The van der Waals surface area contributed by atoms with E-state index in [-0.39, 0.29) is 17.9 Å². The highest BCUT2D eigenvalue weighted by Gasteiger charge is 2.30. The summed E-state index contributed by atoms with van der Waals surface area (Å²) in [5.74, 6) is 5.00. The van der Waals surface area contributed by atoms with Crippen LogP contribution < -0.4 is 11.3 Å². The summed E-state index contributed by atoms with van der Waals surface area (Å²) in [5.41, 5.74) is 1.62. The van der Waals surface area contributed by atoms with Crippen molar-refractivity contribution in [2.75, 3.05) is 13.1 Å². The van der Waals surface area contributed by atoms with Gasteiger partial charge in [-0.05, 0) is 33.1 Å². The molecule has 0 aromatic heterocycles. The number of ether oxygens (including phenoxy) is 1. The molecule has 1 aliphatic rings. The van der Waals surface area contributed by atoms with Gasteiger partial charge in [0.2, 0.25) is 5.91 Å². The third kappa shape index (κ3) is 7.99. The van der Waals surface area contributed by atoms with Crippen LogP contribution in [0.3, 0.4) is 0 Å². The monoisotopic (exact) mass is 287 g/mol. The van der Waals surface area contributed by atoms with Crippen LogP contribution >= 0.6 is 0 Å². The number of rotatable bonds is 2. The van der Waals surface area contributed by atoms with Crippen molar-refractivity contribution in [3.63, 3.8) is 0 Å². The van der Waals surface area contributed by atoms with Crippen molar-refractivity contribution in [1.29, 1.82) is 0 Å². The van der Waals surface area contributed by atoms with Gasteiger partial charge in [0.25, 0.3) is 0 Å². The van der Waals surface area contributed by atoms with Crippen LogP contribution in [-0.4, -0.2) is 35.6 Å². The van der Waals surface area contributed by atoms with Gasteiger partial charge in [-0.15, -0.1) is 0 Å². The van der Waals surface area contributed by atoms with Crippen molar-refractivity contribution in [3.05, 3.63) is 0 Å². The molecule has 0 bridgehead atoms. The van der Waals surface area contributed by atoms with E-state index in [9.17, 15) is 9.59 Å². The fourth-order valence-corrected chi connectivity index (χ4v) is 1.81. The molecule has 1 rings (SSSR count). The summed E-state index contributed by atoms with van der Waals surface area (Å²) < 4.78 is 5.26. The highest BCUT2D eigenvalue weighted by atomic mass is 16.6. The number of hydrogen-bond acceptors (Lipinski definition) is 4. The zero-order valence-corrected chi connectivity index (χ0v) is 13.4. The molecule has 6 nitrogen and oxygen atoms in total. The molecule has 6 heteroatoms. The molecule has 2 amide bonds. The maximum absolute atomic E-state index is 11.7. The molecule has 0 aromatic carbocycles. The Morgan fingerprint density at radius 3 is 2.35 bits per heavy atom. The lowest BCUT2D eigenvalue weighted by Gasteiger charge is -2.24. The Morgan fingerprint density at radius 2 is 1.90 bits per heavy atom. The second-order valence-electron chi connectivity index (χ2n) is 6.06. The molecule has 20 heavy (non-hydrogen) atoms. The van der Waals surface area contributed by atoms with Gasteiger partial charge in [-0.1, -0.05) is 20.3 Å². The van der Waals surface area contributed by atoms with Gasteiger partial charge in [0.05, 0.1) is 0 Å². The Balaban J connectivity index is 0.00000110. The maximum atomic E-state index is 11.7. The highest BCUT2D eigenvalue weighted by molar-refractivity contribution is 5.75. The van der Waals surface area contributed by atoms with E-state index in [1.54, 1.807) is 4.90 Å². The number of nitrogens with two attached hydrogens (primary N) is 1. The van der Waals surface area contributed by atoms with Gasteiger partial charge < -0.3 is 9.64 Å². The molecule has 1 heterocycles. The largest absolute Gasteiger partial charge is 0.444 e. The van der Waals surface area contributed by atoms with E-state index in [0.717, 1.165) is 6.42 Å². The summed E-state index contributed by atoms with van der Waals surface area (Å²) in [6.07, 6.45) is 2.11. The third-order valence-corrected chi connectivity index (χ3v) is 2.57. The van der Waals surface area contributed by atoms with Gasteiger partial charge in [-0.3, -0.25) is 10.2 Å². The third-order valence-electron chi connectivity index (χ3n) is 2.57. The maximum Gasteiger partial charge on any atom is 0.410 e. The number of amides is 2. The van der Waals surface area contributed by atoms with Crippen LogP contribution in [-0.2, 0) is 9.53 Å². The zero-order valence-electron chi connectivity index (χ0n) is 13.4. The zero-order chi connectivity index (χ0) is 15.8. The van der Waals surface area contributed by atoms with Crippen LogP contribution in [0.4, 0.5) is 4.79 Å². The van der Waals surface area contributed by atoms with E-state index >= 15 is 0 Å². The molecule has 1 saturated heterocycles. The number of hydrazine groups is 1. The van der Waals surface area contributed by atoms with Crippen molar-refractivity contribution in [3.8, 4) is 0 Å². The molecule has 0 aromatic rings. The van der Waals surface area contributed by atoms with E-state index in [1.807, 2.05) is 20.8 Å². The normalized spacial score (nSPS) is 18.1. The fourth-order valence-electron chi connectivity index (χ4n) is 1.81. The first-order valence-electron chi connectivity index (χ1n) is 7.20. The fraction of sp³-hybridized carbons (Fsp3) is 0.857.